The van der Waals surface area contributed by atoms with Crippen LogP contribution in [0.5, 0.6) is 0 Å². The van der Waals surface area contributed by atoms with Crippen molar-refractivity contribution in [3.8, 4) is 0 Å². The van der Waals surface area contributed by atoms with Crippen molar-refractivity contribution in [1.82, 2.24) is 9.97 Å². The molecule has 4 aromatic rings. The number of morpholine rings is 1. The van der Waals surface area contributed by atoms with Crippen molar-refractivity contribution in [2.75, 3.05) is 36.5 Å². The normalized spacial score (nSPS) is 14.4. The Bertz CT molecular complexity index is 1270. The molecule has 1 saturated heterocycles. The topological polar surface area (TPSA) is 67.4 Å². The molecule has 8 heteroatoms. The maximum atomic E-state index is 12.9. The predicted octanol–water partition coefficient (Wildman–Crippen LogP) is 4.90. The van der Waals surface area contributed by atoms with E-state index in [0.29, 0.717) is 16.3 Å². The summed E-state index contributed by atoms with van der Waals surface area (Å²) in [4.78, 5) is 24.4. The van der Waals surface area contributed by atoms with Crippen molar-refractivity contribution < 1.29 is 9.53 Å². The van der Waals surface area contributed by atoms with Gasteiger partial charge in [0.15, 0.2) is 5.13 Å². The summed E-state index contributed by atoms with van der Waals surface area (Å²) in [5.41, 5.74) is 3.68. The number of pyridine rings is 1. The molecular weight excluding hydrogens is 420 g/mol. The fourth-order valence-corrected chi connectivity index (χ4v) is 4.79. The number of aryl methyl sites for hydroxylation is 1. The molecule has 30 heavy (non-hydrogen) atoms. The maximum absolute atomic E-state index is 12.9. The van der Waals surface area contributed by atoms with Gasteiger partial charge in [-0.05, 0) is 49.4 Å². The van der Waals surface area contributed by atoms with Crippen molar-refractivity contribution >= 4 is 60.8 Å². The first-order chi connectivity index (χ1) is 14.6. The highest BCUT2D eigenvalue weighted by molar-refractivity contribution is 7.22. The minimum Gasteiger partial charge on any atom is -0.378 e. The third-order valence-electron chi connectivity index (χ3n) is 5.13. The molecular formula is C22H19ClN4O2S. The lowest BCUT2D eigenvalue weighted by Crippen LogP contribution is -2.36. The monoisotopic (exact) mass is 438 g/mol. The number of carbonyl (C=O) groups excluding carboxylic acids is 1. The average Bonchev–Trinajstić information content (AvgIpc) is 3.17. The number of aromatic nitrogens is 2. The number of hydrogen-bond donors (Lipinski definition) is 1. The summed E-state index contributed by atoms with van der Waals surface area (Å²) in [6.45, 7) is 4.98. The Kier molecular flexibility index (Phi) is 5.02. The average molecular weight is 439 g/mol. The Labute approximate surface area is 182 Å². The first kappa shape index (κ1) is 19.2. The maximum Gasteiger partial charge on any atom is 0.257 e. The summed E-state index contributed by atoms with van der Waals surface area (Å²) >= 11 is 7.72. The summed E-state index contributed by atoms with van der Waals surface area (Å²) in [5, 5.41) is 5.44. The Morgan fingerprint density at radius 2 is 1.90 bits per heavy atom. The van der Waals surface area contributed by atoms with E-state index in [9.17, 15) is 4.79 Å². The molecule has 1 amide bonds. The van der Waals surface area contributed by atoms with Crippen LogP contribution in [0, 0.1) is 6.92 Å². The van der Waals surface area contributed by atoms with Crippen LogP contribution in [0.25, 0.3) is 21.1 Å². The molecule has 6 nitrogen and oxygen atoms in total. The van der Waals surface area contributed by atoms with E-state index < -0.39 is 0 Å². The largest absolute Gasteiger partial charge is 0.378 e. The number of rotatable bonds is 3. The van der Waals surface area contributed by atoms with Gasteiger partial charge in [-0.25, -0.2) is 4.98 Å². The number of amides is 1. The Balaban J connectivity index is 1.41. The third kappa shape index (κ3) is 3.71. The van der Waals surface area contributed by atoms with Crippen molar-refractivity contribution in [2.24, 2.45) is 0 Å². The quantitative estimate of drug-likeness (QED) is 0.493. The molecule has 0 aliphatic carbocycles. The molecule has 0 spiro atoms. The van der Waals surface area contributed by atoms with Gasteiger partial charge >= 0.3 is 0 Å². The lowest BCUT2D eigenvalue weighted by atomic mass is 10.1. The second-order valence-corrected chi connectivity index (χ2v) is 8.64. The van der Waals surface area contributed by atoms with Gasteiger partial charge in [0.05, 0.1) is 40.2 Å². The van der Waals surface area contributed by atoms with Gasteiger partial charge in [0, 0.05) is 29.2 Å². The second kappa shape index (κ2) is 7.83. The van der Waals surface area contributed by atoms with Crippen LogP contribution in [0.4, 0.5) is 10.8 Å². The summed E-state index contributed by atoms with van der Waals surface area (Å²) in [5.74, 6) is -0.195. The van der Waals surface area contributed by atoms with E-state index in [1.807, 2.05) is 43.3 Å². The molecule has 1 fully saturated rings. The van der Waals surface area contributed by atoms with Crippen LogP contribution in [-0.4, -0.2) is 42.2 Å². The zero-order valence-corrected chi connectivity index (χ0v) is 17.9. The number of thiazole rings is 1. The van der Waals surface area contributed by atoms with Gasteiger partial charge in [-0.15, -0.1) is 0 Å². The number of ether oxygens (including phenoxy) is 1. The molecule has 5 rings (SSSR count). The van der Waals surface area contributed by atoms with Gasteiger partial charge in [-0.1, -0.05) is 22.9 Å². The van der Waals surface area contributed by atoms with E-state index in [1.165, 1.54) is 0 Å². The van der Waals surface area contributed by atoms with E-state index in [1.54, 1.807) is 17.4 Å². The molecule has 0 saturated carbocycles. The molecule has 152 valence electrons. The van der Waals surface area contributed by atoms with Crippen LogP contribution in [0.1, 0.15) is 16.1 Å². The van der Waals surface area contributed by atoms with Gasteiger partial charge < -0.3 is 15.0 Å². The molecule has 3 heterocycles. The minimum absolute atomic E-state index is 0.195. The number of nitrogens with one attached hydrogen (secondary N) is 1. The van der Waals surface area contributed by atoms with Crippen LogP contribution in [0.3, 0.4) is 0 Å². The molecule has 0 radical (unpaired) electrons. The number of carbonyl (C=O) groups is 1. The zero-order chi connectivity index (χ0) is 20.7. The van der Waals surface area contributed by atoms with E-state index in [-0.39, 0.29) is 5.91 Å². The molecule has 2 aromatic carbocycles. The molecule has 1 N–H and O–H groups in total. The lowest BCUT2D eigenvalue weighted by molar-refractivity contribution is 0.102. The Hall–Kier alpha value is -2.74. The van der Waals surface area contributed by atoms with Gasteiger partial charge in [0.2, 0.25) is 0 Å². The summed E-state index contributed by atoms with van der Waals surface area (Å²) < 4.78 is 6.45. The van der Waals surface area contributed by atoms with Crippen LogP contribution >= 0.6 is 22.9 Å². The highest BCUT2D eigenvalue weighted by atomic mass is 35.5. The van der Waals surface area contributed by atoms with E-state index >= 15 is 0 Å². The number of halogens is 1. The van der Waals surface area contributed by atoms with Crippen LogP contribution in [0.15, 0.2) is 42.5 Å². The van der Waals surface area contributed by atoms with Crippen LogP contribution in [0.2, 0.25) is 5.02 Å². The smallest absolute Gasteiger partial charge is 0.257 e. The summed E-state index contributed by atoms with van der Waals surface area (Å²) in [6, 6.07) is 13.1. The lowest BCUT2D eigenvalue weighted by Gasteiger charge is -2.25. The van der Waals surface area contributed by atoms with E-state index in [4.69, 9.17) is 21.3 Å². The molecule has 2 aromatic heterocycles. The molecule has 0 bridgehead atoms. The Morgan fingerprint density at radius 1 is 1.10 bits per heavy atom. The van der Waals surface area contributed by atoms with Gasteiger partial charge in [0.25, 0.3) is 5.91 Å². The predicted molar refractivity (Wildman–Crippen MR) is 122 cm³/mol. The minimum atomic E-state index is -0.195. The Morgan fingerprint density at radius 3 is 2.73 bits per heavy atom. The van der Waals surface area contributed by atoms with Crippen LogP contribution < -0.4 is 10.2 Å². The molecule has 1 aliphatic heterocycles. The van der Waals surface area contributed by atoms with Gasteiger partial charge in [0.1, 0.15) is 0 Å². The van der Waals surface area contributed by atoms with Crippen molar-refractivity contribution in [3.05, 3.63) is 58.7 Å². The first-order valence-corrected chi connectivity index (χ1v) is 10.9. The molecule has 0 atom stereocenters. The third-order valence-corrected chi connectivity index (χ3v) is 6.44. The van der Waals surface area contributed by atoms with Crippen LogP contribution in [-0.2, 0) is 4.74 Å². The highest BCUT2D eigenvalue weighted by Crippen LogP contribution is 2.31. The van der Waals surface area contributed by atoms with Crippen molar-refractivity contribution in [3.63, 3.8) is 0 Å². The van der Waals surface area contributed by atoms with Gasteiger partial charge in [-0.2, -0.15) is 0 Å². The van der Waals surface area contributed by atoms with Gasteiger partial charge in [-0.3, -0.25) is 9.78 Å². The SMILES string of the molecule is Cc1nc2ccc(Cl)cc2cc1C(=O)Nc1ccc2nc(N3CCOCC3)sc2c1. The fourth-order valence-electron chi connectivity index (χ4n) is 3.55. The first-order valence-electron chi connectivity index (χ1n) is 9.68. The molecule has 1 aliphatic rings. The summed E-state index contributed by atoms with van der Waals surface area (Å²) in [6.07, 6.45) is 0. The van der Waals surface area contributed by atoms with Crippen molar-refractivity contribution in [2.45, 2.75) is 6.92 Å². The number of fused-ring (bicyclic) bond motifs is 2. The summed E-state index contributed by atoms with van der Waals surface area (Å²) in [7, 11) is 0. The number of anilines is 2. The van der Waals surface area contributed by atoms with E-state index in [2.05, 4.69) is 15.2 Å². The highest BCUT2D eigenvalue weighted by Gasteiger charge is 2.17. The second-order valence-electron chi connectivity index (χ2n) is 7.19. The van der Waals surface area contributed by atoms with Crippen molar-refractivity contribution in [1.29, 1.82) is 0 Å². The number of nitrogens with zero attached hydrogens (tertiary/aromatic N) is 3. The standard InChI is InChI=1S/C22H19ClN4O2S/c1-13-17(11-14-10-15(23)2-4-18(14)24-13)21(28)25-16-3-5-19-20(12-16)30-22(26-19)27-6-8-29-9-7-27/h2-5,10-12H,6-9H2,1H3,(H,25,28). The zero-order valence-electron chi connectivity index (χ0n) is 16.3. The van der Waals surface area contributed by atoms with E-state index in [0.717, 1.165) is 58.2 Å². The number of hydrogen-bond acceptors (Lipinski definition) is 6. The number of benzene rings is 2. The fraction of sp³-hybridized carbons (Fsp3) is 0.227. The molecule has 0 unspecified atom stereocenters.